The molecule has 13 nitrogen and oxygen atoms in total. The van der Waals surface area contributed by atoms with Gasteiger partial charge < -0.3 is 31.8 Å². The highest BCUT2D eigenvalue weighted by molar-refractivity contribution is 5.85. The second-order valence-corrected chi connectivity index (χ2v) is 8.71. The Hall–Kier alpha value is -3.39. The molecule has 40 heavy (non-hydrogen) atoms. The standard InChI is InChI=1S/C25H36N8O5.2ClH/c1-3-32-22-20(24(36)33(4-2)25(32)37)30-21(31-22)16-8-10-17(11-9-16)38-15-19(34)28-13-14-29-23(35)18(27)7-5-6-12-26;;/h8-11,18H,3-7,12-15,26-27H2,1-2H3,(H,28,34)(H,29,35)(H,30,31);2*1H/t18-;;/m1../s1. The van der Waals surface area contributed by atoms with Gasteiger partial charge in [0.05, 0.1) is 6.04 Å². The summed E-state index contributed by atoms with van der Waals surface area (Å²) in [6.45, 7) is 5.08. The number of fused-ring (bicyclic) bond motifs is 1. The van der Waals surface area contributed by atoms with Crippen molar-refractivity contribution in [3.63, 3.8) is 0 Å². The number of unbranched alkanes of at least 4 members (excludes halogenated alkanes) is 1. The minimum absolute atomic E-state index is 0. The van der Waals surface area contributed by atoms with Crippen LogP contribution in [0.5, 0.6) is 5.75 Å². The van der Waals surface area contributed by atoms with Gasteiger partial charge in [-0.2, -0.15) is 0 Å². The Morgan fingerprint density at radius 1 is 1.02 bits per heavy atom. The van der Waals surface area contributed by atoms with Crippen molar-refractivity contribution in [2.24, 2.45) is 11.5 Å². The van der Waals surface area contributed by atoms with E-state index >= 15 is 0 Å². The highest BCUT2D eigenvalue weighted by Gasteiger charge is 2.17. The van der Waals surface area contributed by atoms with E-state index in [2.05, 4.69) is 20.6 Å². The second kappa shape index (κ2) is 16.7. The fourth-order valence-electron chi connectivity index (χ4n) is 3.93. The van der Waals surface area contributed by atoms with E-state index in [-0.39, 0.29) is 68.4 Å². The number of hydrogen-bond donors (Lipinski definition) is 5. The number of ether oxygens (including phenoxy) is 1. The zero-order valence-corrected chi connectivity index (χ0v) is 24.2. The smallest absolute Gasteiger partial charge is 0.332 e. The summed E-state index contributed by atoms with van der Waals surface area (Å²) in [5.74, 6) is 0.317. The van der Waals surface area contributed by atoms with Crippen LogP contribution in [0.3, 0.4) is 0 Å². The Bertz CT molecular complexity index is 1370. The third-order valence-electron chi connectivity index (χ3n) is 6.04. The first-order chi connectivity index (χ1) is 18.3. The number of carbonyl (C=O) groups excluding carboxylic acids is 2. The van der Waals surface area contributed by atoms with Crippen molar-refractivity contribution in [2.75, 3.05) is 26.2 Å². The van der Waals surface area contributed by atoms with E-state index < -0.39 is 17.3 Å². The van der Waals surface area contributed by atoms with Crippen LogP contribution in [0.25, 0.3) is 22.6 Å². The van der Waals surface area contributed by atoms with Crippen LogP contribution in [0.2, 0.25) is 0 Å². The highest BCUT2D eigenvalue weighted by atomic mass is 35.5. The van der Waals surface area contributed by atoms with Crippen LogP contribution >= 0.6 is 24.8 Å². The molecular weight excluding hydrogens is 563 g/mol. The van der Waals surface area contributed by atoms with E-state index in [1.807, 2.05) is 6.92 Å². The number of rotatable bonds is 14. The maximum absolute atomic E-state index is 12.7. The number of benzene rings is 1. The van der Waals surface area contributed by atoms with Crippen LogP contribution in [0.4, 0.5) is 0 Å². The van der Waals surface area contributed by atoms with Gasteiger partial charge in [-0.05, 0) is 57.5 Å². The predicted molar refractivity (Wildman–Crippen MR) is 158 cm³/mol. The number of nitrogens with one attached hydrogen (secondary N) is 3. The lowest BCUT2D eigenvalue weighted by molar-refractivity contribution is -0.124. The van der Waals surface area contributed by atoms with Crippen molar-refractivity contribution in [1.82, 2.24) is 29.7 Å². The second-order valence-electron chi connectivity index (χ2n) is 8.71. The number of hydrogen-bond acceptors (Lipinski definition) is 8. The molecule has 0 aliphatic carbocycles. The Morgan fingerprint density at radius 3 is 2.30 bits per heavy atom. The minimum Gasteiger partial charge on any atom is -0.484 e. The molecule has 0 aliphatic heterocycles. The van der Waals surface area contributed by atoms with Gasteiger partial charge in [0, 0.05) is 31.7 Å². The SMILES string of the molecule is CCn1c(=O)c2[nH]c(-c3ccc(OCC(=O)NCCNC(=O)[C@H](N)CCCCN)cc3)nc2n(CC)c1=O.Cl.Cl. The molecule has 2 heterocycles. The Labute approximate surface area is 243 Å². The van der Waals surface area contributed by atoms with Gasteiger partial charge in [0.15, 0.2) is 12.3 Å². The van der Waals surface area contributed by atoms with Gasteiger partial charge in [-0.25, -0.2) is 9.78 Å². The van der Waals surface area contributed by atoms with Gasteiger partial charge in [-0.3, -0.25) is 23.5 Å². The van der Waals surface area contributed by atoms with Crippen LogP contribution in [-0.4, -0.2) is 63.2 Å². The van der Waals surface area contributed by atoms with E-state index in [1.54, 1.807) is 31.2 Å². The van der Waals surface area contributed by atoms with Crippen molar-refractivity contribution in [1.29, 1.82) is 0 Å². The lowest BCUT2D eigenvalue weighted by atomic mass is 10.1. The summed E-state index contributed by atoms with van der Waals surface area (Å²) in [7, 11) is 0. The maximum atomic E-state index is 12.7. The largest absolute Gasteiger partial charge is 0.484 e. The molecule has 0 spiro atoms. The van der Waals surface area contributed by atoms with E-state index in [9.17, 15) is 19.2 Å². The first-order valence-electron chi connectivity index (χ1n) is 12.8. The number of H-pyrrole nitrogens is 1. The summed E-state index contributed by atoms with van der Waals surface area (Å²) < 4.78 is 8.16. The fourth-order valence-corrected chi connectivity index (χ4v) is 3.93. The number of nitrogens with two attached hydrogens (primary N) is 2. The molecule has 0 unspecified atom stereocenters. The Morgan fingerprint density at radius 2 is 1.68 bits per heavy atom. The van der Waals surface area contributed by atoms with Crippen LogP contribution in [0, 0.1) is 0 Å². The zero-order valence-electron chi connectivity index (χ0n) is 22.6. The average Bonchev–Trinajstić information content (AvgIpc) is 3.36. The molecule has 1 aromatic carbocycles. The molecule has 3 rings (SSSR count). The van der Waals surface area contributed by atoms with E-state index in [0.717, 1.165) is 12.8 Å². The topological polar surface area (TPSA) is 192 Å². The summed E-state index contributed by atoms with van der Waals surface area (Å²) in [5.41, 5.74) is 11.7. The van der Waals surface area contributed by atoms with Crippen LogP contribution in [0.15, 0.2) is 33.9 Å². The van der Waals surface area contributed by atoms with E-state index in [1.165, 1.54) is 9.13 Å². The fraction of sp³-hybridized carbons (Fsp3) is 0.480. The maximum Gasteiger partial charge on any atom is 0.332 e. The molecule has 2 amide bonds. The van der Waals surface area contributed by atoms with Crippen LogP contribution < -0.4 is 38.1 Å². The monoisotopic (exact) mass is 600 g/mol. The van der Waals surface area contributed by atoms with Crippen molar-refractivity contribution in [2.45, 2.75) is 52.2 Å². The normalized spacial score (nSPS) is 11.3. The summed E-state index contributed by atoms with van der Waals surface area (Å²) in [6.07, 6.45) is 2.18. The minimum atomic E-state index is -0.588. The lowest BCUT2D eigenvalue weighted by Crippen LogP contribution is -2.44. The molecule has 0 radical (unpaired) electrons. The Kier molecular flexibility index (Phi) is 14.4. The van der Waals surface area contributed by atoms with Crippen molar-refractivity contribution < 1.29 is 14.3 Å². The average molecular weight is 602 g/mol. The summed E-state index contributed by atoms with van der Waals surface area (Å²) in [4.78, 5) is 56.8. The number of halogens is 2. The first kappa shape index (κ1) is 34.6. The molecule has 0 saturated carbocycles. The van der Waals surface area contributed by atoms with E-state index in [0.29, 0.717) is 42.3 Å². The van der Waals surface area contributed by atoms with Gasteiger partial charge in [-0.1, -0.05) is 6.42 Å². The van der Waals surface area contributed by atoms with Crippen molar-refractivity contribution >= 4 is 47.8 Å². The van der Waals surface area contributed by atoms with Gasteiger partial charge >= 0.3 is 5.69 Å². The van der Waals surface area contributed by atoms with Gasteiger partial charge in [-0.15, -0.1) is 24.8 Å². The van der Waals surface area contributed by atoms with Gasteiger partial charge in [0.25, 0.3) is 11.5 Å². The lowest BCUT2D eigenvalue weighted by Gasteiger charge is -2.12. The molecule has 15 heteroatoms. The number of aromatic amines is 1. The highest BCUT2D eigenvalue weighted by Crippen LogP contribution is 2.21. The van der Waals surface area contributed by atoms with Gasteiger partial charge in [0.1, 0.15) is 17.1 Å². The molecule has 7 N–H and O–H groups in total. The van der Waals surface area contributed by atoms with Crippen molar-refractivity contribution in [3.8, 4) is 17.1 Å². The third kappa shape index (κ3) is 8.55. The third-order valence-corrected chi connectivity index (χ3v) is 6.04. The molecule has 2 aromatic heterocycles. The number of amides is 2. The zero-order chi connectivity index (χ0) is 27.7. The number of imidazole rings is 1. The molecule has 0 saturated heterocycles. The molecule has 222 valence electrons. The first-order valence-corrected chi connectivity index (χ1v) is 12.8. The number of nitrogens with zero attached hydrogens (tertiary/aromatic N) is 3. The number of aryl methyl sites for hydroxylation is 1. The molecular formula is C25H38Cl2N8O5. The molecule has 1 atom stereocenters. The summed E-state index contributed by atoms with van der Waals surface area (Å²) in [5, 5.41) is 5.36. The van der Waals surface area contributed by atoms with Crippen LogP contribution in [-0.2, 0) is 22.7 Å². The van der Waals surface area contributed by atoms with Crippen LogP contribution in [0.1, 0.15) is 33.1 Å². The van der Waals surface area contributed by atoms with E-state index in [4.69, 9.17) is 16.2 Å². The summed E-state index contributed by atoms with van der Waals surface area (Å²) >= 11 is 0. The quantitative estimate of drug-likeness (QED) is 0.165. The molecule has 0 fully saturated rings. The molecule has 0 bridgehead atoms. The molecule has 3 aromatic rings. The predicted octanol–water partition coefficient (Wildman–Crippen LogP) is 0.504. The number of aromatic nitrogens is 4. The number of carbonyl (C=O) groups is 2. The van der Waals surface area contributed by atoms with Gasteiger partial charge in [0.2, 0.25) is 5.91 Å². The Balaban J connectivity index is 0.00000400. The van der Waals surface area contributed by atoms with Crippen molar-refractivity contribution in [3.05, 3.63) is 45.1 Å². The molecule has 0 aliphatic rings. The summed E-state index contributed by atoms with van der Waals surface area (Å²) in [6, 6.07) is 6.25.